The van der Waals surface area contributed by atoms with Crippen LogP contribution < -0.4 is 9.47 Å². The molecule has 0 aliphatic carbocycles. The van der Waals surface area contributed by atoms with Crippen LogP contribution in [0.4, 0.5) is 14.4 Å². The average molecular weight is 550 g/mol. The van der Waals surface area contributed by atoms with Crippen molar-refractivity contribution < 1.29 is 23.9 Å². The van der Waals surface area contributed by atoms with E-state index in [4.69, 9.17) is 9.47 Å². The molecule has 0 atom stereocenters. The third-order valence-corrected chi connectivity index (χ3v) is 6.35. The molecule has 39 heavy (non-hydrogen) atoms. The van der Waals surface area contributed by atoms with Gasteiger partial charge in [-0.15, -0.1) is 10.2 Å². The Morgan fingerprint density at radius 2 is 1.54 bits per heavy atom. The van der Waals surface area contributed by atoms with Gasteiger partial charge in [-0.3, -0.25) is 14.3 Å². The van der Waals surface area contributed by atoms with Gasteiger partial charge in [0.1, 0.15) is 11.5 Å². The summed E-state index contributed by atoms with van der Waals surface area (Å²) in [5.41, 5.74) is 1.78. The lowest BCUT2D eigenvalue weighted by Gasteiger charge is -2.17. The molecule has 3 amide bonds. The molecule has 0 saturated heterocycles. The normalized spacial score (nSPS) is 10.7. The molecular weight excluding hydrogens is 522 g/mol. The molecule has 0 aliphatic heterocycles. The first-order valence-corrected chi connectivity index (χ1v) is 12.5. The highest BCUT2D eigenvalue weighted by Crippen LogP contribution is 2.38. The van der Waals surface area contributed by atoms with Crippen LogP contribution in [0.5, 0.6) is 11.5 Å². The molecule has 13 heteroatoms. The minimum absolute atomic E-state index is 0.0836. The number of pyridine rings is 1. The van der Waals surface area contributed by atoms with Crippen LogP contribution in [0.15, 0.2) is 59.9 Å². The fourth-order valence-electron chi connectivity index (χ4n) is 3.39. The van der Waals surface area contributed by atoms with Gasteiger partial charge in [0.05, 0.1) is 16.8 Å². The van der Waals surface area contributed by atoms with Crippen molar-refractivity contribution in [3.63, 3.8) is 0 Å². The third kappa shape index (κ3) is 5.93. The van der Waals surface area contributed by atoms with Crippen molar-refractivity contribution in [3.8, 4) is 28.6 Å². The van der Waals surface area contributed by atoms with Gasteiger partial charge in [0.25, 0.3) is 5.24 Å². The van der Waals surface area contributed by atoms with E-state index in [1.165, 1.54) is 20.8 Å². The molecule has 2 aromatic heterocycles. The number of hydrogen-bond acceptors (Lipinski definition) is 9. The maximum atomic E-state index is 12.7. The van der Waals surface area contributed by atoms with E-state index in [0.29, 0.717) is 22.2 Å². The van der Waals surface area contributed by atoms with E-state index in [9.17, 15) is 14.4 Å². The molecule has 0 unspecified atom stereocenters. The Hall–Kier alpha value is -4.65. The van der Waals surface area contributed by atoms with Crippen molar-refractivity contribution in [2.45, 2.75) is 5.16 Å². The van der Waals surface area contributed by atoms with Crippen molar-refractivity contribution in [2.24, 2.45) is 0 Å². The summed E-state index contributed by atoms with van der Waals surface area (Å²) in [4.78, 5) is 45.8. The quantitative estimate of drug-likeness (QED) is 0.334. The van der Waals surface area contributed by atoms with E-state index < -0.39 is 12.2 Å². The average Bonchev–Trinajstić information content (AvgIpc) is 3.31. The molecule has 0 aliphatic rings. The Morgan fingerprint density at radius 1 is 0.821 bits per heavy atom. The highest BCUT2D eigenvalue weighted by atomic mass is 32.2. The van der Waals surface area contributed by atoms with Crippen LogP contribution in [0.2, 0.25) is 0 Å². The number of rotatable bonds is 5. The molecule has 4 aromatic rings. The molecule has 0 fully saturated rings. The number of carbonyl (C=O) groups is 3. The standard InChI is InChI=1S/C26H27N7O5S/c1-30(2)24(34)37-16-12-13-18(21(15-16)38-25(35)31(3)4)22-28-29-23(39-26(36)32(5)6)33(22)20-11-7-10-19-17(20)9-8-14-27-19/h7-15H,1-6H3. The first-order valence-electron chi connectivity index (χ1n) is 11.7. The molecule has 12 nitrogen and oxygen atoms in total. The number of ether oxygens (including phenoxy) is 2. The Bertz CT molecular complexity index is 1550. The number of hydrogen-bond donors (Lipinski definition) is 0. The van der Waals surface area contributed by atoms with Gasteiger partial charge in [-0.2, -0.15) is 0 Å². The van der Waals surface area contributed by atoms with Crippen LogP contribution in [0.3, 0.4) is 0 Å². The second-order valence-corrected chi connectivity index (χ2v) is 9.85. The summed E-state index contributed by atoms with van der Waals surface area (Å²) >= 11 is 0.902. The van der Waals surface area contributed by atoms with Crippen LogP contribution in [-0.4, -0.2) is 94.2 Å². The molecule has 2 heterocycles. The molecule has 2 aromatic carbocycles. The first kappa shape index (κ1) is 27.4. The Balaban J connectivity index is 1.94. The van der Waals surface area contributed by atoms with E-state index >= 15 is 0 Å². The van der Waals surface area contributed by atoms with Gasteiger partial charge in [-0.1, -0.05) is 6.07 Å². The maximum Gasteiger partial charge on any atom is 0.414 e. The molecule has 0 N–H and O–H groups in total. The molecular formula is C26H27N7O5S. The van der Waals surface area contributed by atoms with Crippen molar-refractivity contribution in [2.75, 3.05) is 42.3 Å². The van der Waals surface area contributed by atoms with Crippen molar-refractivity contribution >= 4 is 40.1 Å². The van der Waals surface area contributed by atoms with Crippen LogP contribution >= 0.6 is 11.8 Å². The number of carbonyl (C=O) groups excluding carboxylic acids is 3. The van der Waals surface area contributed by atoms with Crippen molar-refractivity contribution in [1.29, 1.82) is 0 Å². The highest BCUT2D eigenvalue weighted by Gasteiger charge is 2.25. The van der Waals surface area contributed by atoms with E-state index in [1.807, 2.05) is 30.3 Å². The number of amides is 3. The summed E-state index contributed by atoms with van der Waals surface area (Å²) in [5.74, 6) is 0.546. The van der Waals surface area contributed by atoms with Gasteiger partial charge in [0.15, 0.2) is 5.82 Å². The molecule has 0 radical (unpaired) electrons. The number of fused-ring (bicyclic) bond motifs is 1. The van der Waals surface area contributed by atoms with E-state index in [0.717, 1.165) is 22.7 Å². The lowest BCUT2D eigenvalue weighted by atomic mass is 10.1. The van der Waals surface area contributed by atoms with E-state index in [2.05, 4.69) is 15.2 Å². The van der Waals surface area contributed by atoms with Gasteiger partial charge in [0.2, 0.25) is 5.16 Å². The highest BCUT2D eigenvalue weighted by molar-refractivity contribution is 8.13. The summed E-state index contributed by atoms with van der Waals surface area (Å²) in [6, 6.07) is 13.9. The maximum absolute atomic E-state index is 12.7. The fourth-order valence-corrected chi connectivity index (χ4v) is 4.09. The smallest absolute Gasteiger partial charge is 0.410 e. The Morgan fingerprint density at radius 3 is 2.23 bits per heavy atom. The van der Waals surface area contributed by atoms with Gasteiger partial charge in [0, 0.05) is 71.7 Å². The molecule has 202 valence electrons. The summed E-state index contributed by atoms with van der Waals surface area (Å²) in [6.07, 6.45) is 0.446. The minimum Gasteiger partial charge on any atom is -0.410 e. The SMILES string of the molecule is CN(C)C(=O)Oc1ccc(-c2nnc(SC(=O)N(C)C)n2-c2cccc3ncccc23)c(OC(=O)N(C)C)c1. The zero-order valence-electron chi connectivity index (χ0n) is 22.3. The fraction of sp³-hybridized carbons (Fsp3) is 0.231. The van der Waals surface area contributed by atoms with Crippen LogP contribution in [-0.2, 0) is 0 Å². The van der Waals surface area contributed by atoms with Gasteiger partial charge < -0.3 is 24.2 Å². The van der Waals surface area contributed by atoms with Gasteiger partial charge in [-0.05, 0) is 36.4 Å². The second kappa shape index (κ2) is 11.4. The van der Waals surface area contributed by atoms with Crippen LogP contribution in [0, 0.1) is 0 Å². The lowest BCUT2D eigenvalue weighted by Crippen LogP contribution is -2.26. The topological polar surface area (TPSA) is 123 Å². The zero-order chi connectivity index (χ0) is 28.3. The minimum atomic E-state index is -0.648. The summed E-state index contributed by atoms with van der Waals surface area (Å²) in [7, 11) is 9.49. The van der Waals surface area contributed by atoms with Crippen molar-refractivity contribution in [1.82, 2.24) is 34.4 Å². The predicted octanol–water partition coefficient (Wildman–Crippen LogP) is 4.38. The van der Waals surface area contributed by atoms with E-state index in [-0.39, 0.29) is 16.7 Å². The summed E-state index contributed by atoms with van der Waals surface area (Å²) in [5, 5.41) is 9.55. The summed E-state index contributed by atoms with van der Waals surface area (Å²) < 4.78 is 12.8. The number of thioether (sulfide) groups is 1. The Kier molecular flexibility index (Phi) is 8.00. The predicted molar refractivity (Wildman–Crippen MR) is 146 cm³/mol. The number of nitrogens with zero attached hydrogens (tertiary/aromatic N) is 7. The number of aromatic nitrogens is 4. The summed E-state index contributed by atoms with van der Waals surface area (Å²) in [6.45, 7) is 0. The monoisotopic (exact) mass is 549 g/mol. The third-order valence-electron chi connectivity index (χ3n) is 5.37. The molecule has 0 saturated carbocycles. The molecule has 0 spiro atoms. The van der Waals surface area contributed by atoms with E-state index in [1.54, 1.807) is 65.2 Å². The zero-order valence-corrected chi connectivity index (χ0v) is 23.1. The van der Waals surface area contributed by atoms with Crippen LogP contribution in [0.25, 0.3) is 28.0 Å². The molecule has 4 rings (SSSR count). The van der Waals surface area contributed by atoms with Crippen molar-refractivity contribution in [3.05, 3.63) is 54.7 Å². The Labute approximate surface area is 229 Å². The lowest BCUT2D eigenvalue weighted by molar-refractivity contribution is 0.170. The van der Waals surface area contributed by atoms with Gasteiger partial charge >= 0.3 is 12.2 Å². The van der Waals surface area contributed by atoms with Crippen LogP contribution in [0.1, 0.15) is 0 Å². The van der Waals surface area contributed by atoms with Gasteiger partial charge in [-0.25, -0.2) is 9.59 Å². The largest absolute Gasteiger partial charge is 0.414 e. The molecule has 0 bridgehead atoms. The second-order valence-electron chi connectivity index (χ2n) is 8.93. The number of benzene rings is 2. The first-order chi connectivity index (χ1) is 18.6.